The molecule has 0 spiro atoms. The van der Waals surface area contributed by atoms with Crippen LogP contribution in [0.3, 0.4) is 0 Å². The summed E-state index contributed by atoms with van der Waals surface area (Å²) in [6.45, 7) is 4.40. The molecule has 0 aromatic heterocycles. The van der Waals surface area contributed by atoms with Gasteiger partial charge in [-0.3, -0.25) is 18.6 Å². The topological polar surface area (TPSA) is 108 Å². The number of phosphoric ester groups is 1. The molecule has 10 heteroatoms. The minimum Gasteiger partial charge on any atom is -0.462 e. The lowest BCUT2D eigenvalue weighted by Gasteiger charge is -2.24. The molecule has 1 unspecified atom stereocenters. The highest BCUT2D eigenvalue weighted by molar-refractivity contribution is 7.47. The number of rotatable bonds is 37. The molecule has 0 aromatic carbocycles. The largest absolute Gasteiger partial charge is 0.472 e. The second kappa shape index (κ2) is 33.6. The highest BCUT2D eigenvalue weighted by Gasteiger charge is 2.27. The van der Waals surface area contributed by atoms with Crippen LogP contribution in [0.25, 0.3) is 0 Å². The zero-order valence-electron chi connectivity index (χ0n) is 33.1. The van der Waals surface area contributed by atoms with Crippen LogP contribution in [0.5, 0.6) is 0 Å². The van der Waals surface area contributed by atoms with Gasteiger partial charge in [-0.1, -0.05) is 142 Å². The molecule has 1 N–H and O–H groups in total. The normalized spacial score (nSPS) is 13.8. The fourth-order valence-electron chi connectivity index (χ4n) is 5.54. The molecule has 296 valence electrons. The van der Waals surface area contributed by atoms with Crippen molar-refractivity contribution in [3.05, 3.63) is 12.2 Å². The summed E-state index contributed by atoms with van der Waals surface area (Å²) in [6, 6.07) is 0. The number of quaternary nitrogens is 1. The van der Waals surface area contributed by atoms with Crippen molar-refractivity contribution in [2.24, 2.45) is 0 Å². The number of carbonyl (C=O) groups is 2. The first-order valence-corrected chi connectivity index (χ1v) is 21.9. The number of unbranched alkanes of at least 4 members (excludes halogenated alkanes) is 21. The SMILES string of the molecule is CCCCCCCCCC/C=C/CCCCCC(=O)O[C@H](COC(=O)CCCCCCCCCCCCC)COP(=O)(O)OCC[N+](C)(C)C. The zero-order chi connectivity index (χ0) is 37.2. The molecule has 0 fully saturated rings. The van der Waals surface area contributed by atoms with Gasteiger partial charge in [-0.15, -0.1) is 0 Å². The summed E-state index contributed by atoms with van der Waals surface area (Å²) in [5, 5.41) is 0. The summed E-state index contributed by atoms with van der Waals surface area (Å²) in [5.74, 6) is -0.812. The van der Waals surface area contributed by atoms with Crippen LogP contribution in [-0.2, 0) is 32.7 Å². The van der Waals surface area contributed by atoms with Crippen LogP contribution in [0.1, 0.15) is 181 Å². The first-order chi connectivity index (χ1) is 24.0. The molecule has 0 saturated carbocycles. The number of allylic oxidation sites excluding steroid dienone is 2. The van der Waals surface area contributed by atoms with Crippen molar-refractivity contribution in [2.75, 3.05) is 47.5 Å². The maximum Gasteiger partial charge on any atom is 0.472 e. The van der Waals surface area contributed by atoms with Crippen LogP contribution in [0, 0.1) is 0 Å². The molecule has 0 radical (unpaired) electrons. The average Bonchev–Trinajstić information content (AvgIpc) is 3.06. The van der Waals surface area contributed by atoms with E-state index in [0.29, 0.717) is 23.9 Å². The van der Waals surface area contributed by atoms with Gasteiger partial charge in [0.1, 0.15) is 19.8 Å². The standard InChI is InChI=1S/C40H78NO8P/c1-6-8-10-12-14-16-18-19-20-21-23-25-27-29-31-33-40(43)49-38(37-48-50(44,45)47-35-34-41(3,4)5)36-46-39(42)32-30-28-26-24-22-17-15-13-11-9-7-2/h21,23,38H,6-20,22,24-37H2,1-5H3/p+1/b23-21+/t38-/m1/s1. The van der Waals surface area contributed by atoms with Crippen molar-refractivity contribution in [1.82, 2.24) is 0 Å². The zero-order valence-corrected chi connectivity index (χ0v) is 34.0. The van der Waals surface area contributed by atoms with Crippen LogP contribution in [-0.4, -0.2) is 74.9 Å². The van der Waals surface area contributed by atoms with Crippen LogP contribution in [0.4, 0.5) is 0 Å². The molecular formula is C40H79NO8P+. The van der Waals surface area contributed by atoms with Gasteiger partial charge in [0.25, 0.3) is 0 Å². The number of nitrogens with zero attached hydrogens (tertiary/aromatic N) is 1. The summed E-state index contributed by atoms with van der Waals surface area (Å²) in [6.07, 6.45) is 32.6. The van der Waals surface area contributed by atoms with Crippen molar-refractivity contribution >= 4 is 19.8 Å². The van der Waals surface area contributed by atoms with Crippen molar-refractivity contribution < 1.29 is 42.1 Å². The molecule has 2 atom stereocenters. The Balaban J connectivity index is 4.41. The molecule has 0 rings (SSSR count). The Morgan fingerprint density at radius 3 is 1.50 bits per heavy atom. The van der Waals surface area contributed by atoms with Crippen LogP contribution >= 0.6 is 7.82 Å². The smallest absolute Gasteiger partial charge is 0.462 e. The van der Waals surface area contributed by atoms with E-state index in [1.165, 1.54) is 103 Å². The molecule has 0 amide bonds. The van der Waals surface area contributed by atoms with E-state index in [1.807, 2.05) is 21.1 Å². The van der Waals surface area contributed by atoms with Gasteiger partial charge < -0.3 is 18.9 Å². The molecule has 50 heavy (non-hydrogen) atoms. The average molecular weight is 733 g/mol. The summed E-state index contributed by atoms with van der Waals surface area (Å²) in [5.41, 5.74) is 0. The lowest BCUT2D eigenvalue weighted by atomic mass is 10.1. The second-order valence-electron chi connectivity index (χ2n) is 15.0. The van der Waals surface area contributed by atoms with Gasteiger partial charge in [0.15, 0.2) is 6.10 Å². The molecule has 0 heterocycles. The minimum absolute atomic E-state index is 0.0318. The Labute approximate surface area is 307 Å². The van der Waals surface area contributed by atoms with Gasteiger partial charge in [0.2, 0.25) is 0 Å². The van der Waals surface area contributed by atoms with E-state index in [4.69, 9.17) is 18.5 Å². The quantitative estimate of drug-likeness (QED) is 0.0221. The maximum atomic E-state index is 12.6. The number of ether oxygens (including phenoxy) is 2. The van der Waals surface area contributed by atoms with Crippen molar-refractivity contribution in [3.8, 4) is 0 Å². The lowest BCUT2D eigenvalue weighted by molar-refractivity contribution is -0.870. The van der Waals surface area contributed by atoms with Gasteiger partial charge in [-0.05, 0) is 38.5 Å². The predicted octanol–water partition coefficient (Wildman–Crippen LogP) is 11.0. The van der Waals surface area contributed by atoms with Crippen LogP contribution in [0.15, 0.2) is 12.2 Å². The Kier molecular flexibility index (Phi) is 32.7. The Hall–Kier alpha value is -1.25. The minimum atomic E-state index is -4.37. The van der Waals surface area contributed by atoms with Gasteiger partial charge in [0, 0.05) is 12.8 Å². The number of esters is 2. The molecule has 0 aliphatic rings. The summed E-state index contributed by atoms with van der Waals surface area (Å²) >= 11 is 0. The number of phosphoric acid groups is 1. The van der Waals surface area contributed by atoms with Crippen molar-refractivity contribution in [1.29, 1.82) is 0 Å². The molecule has 0 aliphatic heterocycles. The third kappa shape index (κ3) is 36.5. The fraction of sp³-hybridized carbons (Fsp3) is 0.900. The van der Waals surface area contributed by atoms with E-state index in [1.54, 1.807) is 0 Å². The molecule has 9 nitrogen and oxygen atoms in total. The summed E-state index contributed by atoms with van der Waals surface area (Å²) in [7, 11) is 1.47. The third-order valence-electron chi connectivity index (χ3n) is 8.80. The van der Waals surface area contributed by atoms with Gasteiger partial charge >= 0.3 is 19.8 Å². The van der Waals surface area contributed by atoms with E-state index < -0.39 is 26.5 Å². The predicted molar refractivity (Wildman–Crippen MR) is 206 cm³/mol. The number of hydrogen-bond acceptors (Lipinski definition) is 7. The van der Waals surface area contributed by atoms with Gasteiger partial charge in [0.05, 0.1) is 27.7 Å². The van der Waals surface area contributed by atoms with Crippen LogP contribution in [0.2, 0.25) is 0 Å². The Morgan fingerprint density at radius 1 is 0.600 bits per heavy atom. The number of likely N-dealkylation sites (N-methyl/N-ethyl adjacent to an activating group) is 1. The highest BCUT2D eigenvalue weighted by atomic mass is 31.2. The highest BCUT2D eigenvalue weighted by Crippen LogP contribution is 2.43. The molecule has 0 saturated heterocycles. The molecule has 0 bridgehead atoms. The van der Waals surface area contributed by atoms with Crippen molar-refractivity contribution in [3.63, 3.8) is 0 Å². The Bertz CT molecular complexity index is 876. The molecule has 0 aromatic rings. The van der Waals surface area contributed by atoms with Gasteiger partial charge in [-0.2, -0.15) is 0 Å². The second-order valence-corrected chi connectivity index (χ2v) is 16.5. The first-order valence-electron chi connectivity index (χ1n) is 20.4. The third-order valence-corrected chi connectivity index (χ3v) is 9.78. The lowest BCUT2D eigenvalue weighted by Crippen LogP contribution is -2.37. The Morgan fingerprint density at radius 2 is 1.02 bits per heavy atom. The summed E-state index contributed by atoms with van der Waals surface area (Å²) in [4.78, 5) is 35.2. The van der Waals surface area contributed by atoms with E-state index >= 15 is 0 Å². The van der Waals surface area contributed by atoms with E-state index in [9.17, 15) is 19.0 Å². The van der Waals surface area contributed by atoms with E-state index in [2.05, 4.69) is 26.0 Å². The van der Waals surface area contributed by atoms with E-state index in [-0.39, 0.29) is 25.6 Å². The first kappa shape index (κ1) is 48.8. The monoisotopic (exact) mass is 733 g/mol. The molecular weight excluding hydrogens is 653 g/mol. The van der Waals surface area contributed by atoms with Gasteiger partial charge in [-0.25, -0.2) is 4.57 Å². The maximum absolute atomic E-state index is 12.6. The summed E-state index contributed by atoms with van der Waals surface area (Å²) < 4.78 is 34.2. The molecule has 0 aliphatic carbocycles. The fourth-order valence-corrected chi connectivity index (χ4v) is 6.28. The van der Waals surface area contributed by atoms with E-state index in [0.717, 1.165) is 44.9 Å². The van der Waals surface area contributed by atoms with Crippen LogP contribution < -0.4 is 0 Å². The number of hydrogen-bond donors (Lipinski definition) is 1. The number of carbonyl (C=O) groups excluding carboxylic acids is 2. The van der Waals surface area contributed by atoms with Crippen molar-refractivity contribution in [2.45, 2.75) is 187 Å².